The Morgan fingerprint density at radius 3 is 2.67 bits per heavy atom. The zero-order valence-corrected chi connectivity index (χ0v) is 19.8. The van der Waals surface area contributed by atoms with E-state index in [2.05, 4.69) is 58.9 Å². The molecule has 1 saturated heterocycles. The number of hydrogen-bond acceptors (Lipinski definition) is 4. The molecule has 30 heavy (non-hydrogen) atoms. The van der Waals surface area contributed by atoms with Crippen LogP contribution in [0.1, 0.15) is 49.7 Å². The Hall–Kier alpha value is -1.62. The van der Waals surface area contributed by atoms with Gasteiger partial charge in [0.15, 0.2) is 0 Å². The molecule has 0 aromatic heterocycles. The number of benzene rings is 1. The lowest BCUT2D eigenvalue weighted by atomic mass is 9.75. The number of aliphatic imine (C=N–C) groups is 1. The minimum absolute atomic E-state index is 0.0434. The summed E-state index contributed by atoms with van der Waals surface area (Å²) >= 11 is 6.49. The summed E-state index contributed by atoms with van der Waals surface area (Å²) in [6.45, 7) is 10.1. The molecule has 0 amide bonds. The quantitative estimate of drug-likeness (QED) is 0.630. The van der Waals surface area contributed by atoms with Crippen molar-refractivity contribution in [1.29, 1.82) is 0 Å². The van der Waals surface area contributed by atoms with Crippen molar-refractivity contribution in [3.05, 3.63) is 52.7 Å². The summed E-state index contributed by atoms with van der Waals surface area (Å²) < 4.78 is 0. The largest absolute Gasteiger partial charge is 0.362 e. The maximum atomic E-state index is 6.49. The number of nitrogens with one attached hydrogen (secondary N) is 1. The third-order valence-corrected chi connectivity index (χ3v) is 6.87. The van der Waals surface area contributed by atoms with Gasteiger partial charge >= 0.3 is 0 Å². The van der Waals surface area contributed by atoms with Crippen molar-refractivity contribution in [2.75, 3.05) is 40.8 Å². The van der Waals surface area contributed by atoms with Gasteiger partial charge in [-0.3, -0.25) is 0 Å². The summed E-state index contributed by atoms with van der Waals surface area (Å²) in [4.78, 5) is 8.95. The lowest BCUT2D eigenvalue weighted by molar-refractivity contribution is 0.193. The lowest BCUT2D eigenvalue weighted by Crippen LogP contribution is -2.36. The number of likely N-dealkylation sites (N-methyl/N-ethyl adjacent to an activating group) is 2. The standard InChI is InChI=1S/C25H37ClN4/c1-6-7-22(19-10-12-29(4)13-11-19)23-9-8-21(26)14-24(23)18(2)25(27-3)20-15-28-17-30(5)16-20/h8-9,14-15,17,19,22,25,27H,2,6-7,10-13,16H2,1,3-5H3. The summed E-state index contributed by atoms with van der Waals surface area (Å²) in [7, 11) is 6.28. The Bertz CT molecular complexity index is 792. The summed E-state index contributed by atoms with van der Waals surface area (Å²) in [5.41, 5.74) is 4.93. The van der Waals surface area contributed by atoms with E-state index in [0.717, 1.165) is 17.1 Å². The summed E-state index contributed by atoms with van der Waals surface area (Å²) in [5.74, 6) is 1.26. The molecule has 2 atom stereocenters. The average molecular weight is 429 g/mol. The van der Waals surface area contributed by atoms with Crippen LogP contribution < -0.4 is 5.32 Å². The fraction of sp³-hybridized carbons (Fsp3) is 0.560. The highest BCUT2D eigenvalue weighted by Crippen LogP contribution is 2.41. The van der Waals surface area contributed by atoms with Crippen LogP contribution in [0.3, 0.4) is 0 Å². The molecule has 5 heteroatoms. The molecular weight excluding hydrogens is 392 g/mol. The van der Waals surface area contributed by atoms with Crippen LogP contribution in [0.15, 0.2) is 41.5 Å². The molecule has 1 fully saturated rings. The molecule has 0 bridgehead atoms. The van der Waals surface area contributed by atoms with Crippen molar-refractivity contribution in [2.45, 2.75) is 44.6 Å². The minimum atomic E-state index is 0.0434. The normalized spacial score (nSPS) is 20.2. The molecule has 3 rings (SSSR count). The van der Waals surface area contributed by atoms with Crippen LogP contribution >= 0.6 is 11.6 Å². The molecule has 0 saturated carbocycles. The summed E-state index contributed by atoms with van der Waals surface area (Å²) in [5, 5.41) is 4.25. The number of nitrogens with zero attached hydrogens (tertiary/aromatic N) is 3. The molecule has 0 radical (unpaired) electrons. The highest BCUT2D eigenvalue weighted by atomic mass is 35.5. The Morgan fingerprint density at radius 1 is 1.30 bits per heavy atom. The highest BCUT2D eigenvalue weighted by Gasteiger charge is 2.30. The average Bonchev–Trinajstić information content (AvgIpc) is 2.73. The van der Waals surface area contributed by atoms with E-state index in [0.29, 0.717) is 11.8 Å². The molecular formula is C25H37ClN4. The highest BCUT2D eigenvalue weighted by molar-refractivity contribution is 6.30. The predicted octanol–water partition coefficient (Wildman–Crippen LogP) is 5.02. The van der Waals surface area contributed by atoms with E-state index >= 15 is 0 Å². The van der Waals surface area contributed by atoms with Crippen molar-refractivity contribution in [2.24, 2.45) is 10.9 Å². The van der Waals surface area contributed by atoms with Crippen molar-refractivity contribution in [3.8, 4) is 0 Å². The van der Waals surface area contributed by atoms with Gasteiger partial charge in [0.1, 0.15) is 0 Å². The van der Waals surface area contributed by atoms with E-state index in [9.17, 15) is 0 Å². The van der Waals surface area contributed by atoms with Crippen LogP contribution in [0.25, 0.3) is 5.57 Å². The molecule has 2 aliphatic heterocycles. The predicted molar refractivity (Wildman–Crippen MR) is 130 cm³/mol. The van der Waals surface area contributed by atoms with Crippen LogP contribution in [-0.2, 0) is 0 Å². The van der Waals surface area contributed by atoms with E-state index in [1.807, 2.05) is 26.6 Å². The zero-order valence-electron chi connectivity index (χ0n) is 19.0. The molecule has 0 aliphatic carbocycles. The molecule has 2 aliphatic rings. The Kier molecular flexibility index (Phi) is 8.15. The molecule has 1 aromatic carbocycles. The monoisotopic (exact) mass is 428 g/mol. The smallest absolute Gasteiger partial charge is 0.0905 e. The van der Waals surface area contributed by atoms with Gasteiger partial charge in [-0.2, -0.15) is 0 Å². The maximum absolute atomic E-state index is 6.49. The van der Waals surface area contributed by atoms with E-state index in [1.165, 1.54) is 55.5 Å². The number of hydrogen-bond donors (Lipinski definition) is 1. The molecule has 0 spiro atoms. The molecule has 1 aromatic rings. The fourth-order valence-electron chi connectivity index (χ4n) is 5.03. The zero-order chi connectivity index (χ0) is 21.7. The minimum Gasteiger partial charge on any atom is -0.362 e. The van der Waals surface area contributed by atoms with Crippen LogP contribution in [0.4, 0.5) is 0 Å². The van der Waals surface area contributed by atoms with Crippen LogP contribution in [0.5, 0.6) is 0 Å². The third-order valence-electron chi connectivity index (χ3n) is 6.64. The van der Waals surface area contributed by atoms with Gasteiger partial charge < -0.3 is 15.1 Å². The van der Waals surface area contributed by atoms with Crippen molar-refractivity contribution < 1.29 is 0 Å². The van der Waals surface area contributed by atoms with Gasteiger partial charge in [0.25, 0.3) is 0 Å². The van der Waals surface area contributed by atoms with Gasteiger partial charge in [-0.1, -0.05) is 37.6 Å². The lowest BCUT2D eigenvalue weighted by Gasteiger charge is -2.36. The van der Waals surface area contributed by atoms with E-state index in [-0.39, 0.29) is 6.04 Å². The van der Waals surface area contributed by atoms with Crippen molar-refractivity contribution in [3.63, 3.8) is 0 Å². The first-order valence-electron chi connectivity index (χ1n) is 11.2. The van der Waals surface area contributed by atoms with E-state index in [1.54, 1.807) is 0 Å². The second-order valence-electron chi connectivity index (χ2n) is 8.90. The van der Waals surface area contributed by atoms with Crippen LogP contribution in [-0.4, -0.2) is 63.0 Å². The third kappa shape index (κ3) is 5.35. The topological polar surface area (TPSA) is 30.9 Å². The number of likely N-dealkylation sites (tertiary alicyclic amines) is 1. The molecule has 2 heterocycles. The van der Waals surface area contributed by atoms with E-state index < -0.39 is 0 Å². The van der Waals surface area contributed by atoms with Gasteiger partial charge in [0.05, 0.1) is 12.4 Å². The van der Waals surface area contributed by atoms with Gasteiger partial charge in [-0.05, 0) is 92.7 Å². The number of rotatable bonds is 8. The first kappa shape index (κ1) is 23.1. The number of halogens is 1. The molecule has 2 unspecified atom stereocenters. The van der Waals surface area contributed by atoms with Gasteiger partial charge in [-0.25, -0.2) is 4.99 Å². The molecule has 1 N–H and O–H groups in total. The molecule has 4 nitrogen and oxygen atoms in total. The Balaban J connectivity index is 1.95. The van der Waals surface area contributed by atoms with Crippen LogP contribution in [0.2, 0.25) is 5.02 Å². The van der Waals surface area contributed by atoms with Crippen molar-refractivity contribution >= 4 is 23.5 Å². The SMILES string of the molecule is C=C(c1cc(Cl)ccc1C(CCC)C1CCN(C)CC1)C(NC)C1=CN=CN(C)C1. The van der Waals surface area contributed by atoms with Gasteiger partial charge in [0.2, 0.25) is 0 Å². The van der Waals surface area contributed by atoms with Gasteiger partial charge in [-0.15, -0.1) is 0 Å². The number of piperidine rings is 1. The van der Waals surface area contributed by atoms with Gasteiger partial charge in [0, 0.05) is 24.8 Å². The first-order valence-corrected chi connectivity index (χ1v) is 11.6. The maximum Gasteiger partial charge on any atom is 0.0905 e. The second-order valence-corrected chi connectivity index (χ2v) is 9.33. The first-order chi connectivity index (χ1) is 14.4. The fourth-order valence-corrected chi connectivity index (χ4v) is 5.21. The van der Waals surface area contributed by atoms with Crippen LogP contribution in [0, 0.1) is 5.92 Å². The van der Waals surface area contributed by atoms with Crippen molar-refractivity contribution in [1.82, 2.24) is 15.1 Å². The Morgan fingerprint density at radius 2 is 2.03 bits per heavy atom. The van der Waals surface area contributed by atoms with E-state index in [4.69, 9.17) is 11.6 Å². The summed E-state index contributed by atoms with van der Waals surface area (Å²) in [6.07, 6.45) is 8.74. The Labute approximate surface area is 187 Å². The molecule has 164 valence electrons. The summed E-state index contributed by atoms with van der Waals surface area (Å²) in [6, 6.07) is 6.48. The second kappa shape index (κ2) is 10.6.